The Morgan fingerprint density at radius 3 is 2.57 bits per heavy atom. The molecule has 0 radical (unpaired) electrons. The molecule has 0 spiro atoms. The van der Waals surface area contributed by atoms with Gasteiger partial charge < -0.3 is 0 Å². The van der Waals surface area contributed by atoms with Gasteiger partial charge in [-0.1, -0.05) is 0 Å². The Kier molecular flexibility index (Phi) is 3.43. The number of aromatic nitrogens is 1. The van der Waals surface area contributed by atoms with Crippen molar-refractivity contribution in [3.05, 3.63) is 30.1 Å². The minimum absolute atomic E-state index is 0.541. The quantitative estimate of drug-likeness (QED) is 0.741. The van der Waals surface area contributed by atoms with Crippen LogP contribution in [0.25, 0.3) is 0 Å². The third-order valence-electron chi connectivity index (χ3n) is 2.78. The summed E-state index contributed by atoms with van der Waals surface area (Å²) in [6, 6.07) is 4.78. The van der Waals surface area contributed by atoms with Crippen molar-refractivity contribution in [1.29, 1.82) is 0 Å². The Morgan fingerprint density at radius 2 is 1.93 bits per heavy atom. The summed E-state index contributed by atoms with van der Waals surface area (Å²) in [4.78, 5) is 6.60. The maximum absolute atomic E-state index is 4.05. The number of thioether (sulfide) groups is 1. The summed E-state index contributed by atoms with van der Waals surface area (Å²) in [5.41, 5.74) is 1.38. The van der Waals surface area contributed by atoms with Crippen LogP contribution in [-0.4, -0.2) is 34.5 Å². The van der Waals surface area contributed by atoms with E-state index >= 15 is 0 Å². The normalized spacial score (nSPS) is 20.6. The number of pyridine rings is 1. The van der Waals surface area contributed by atoms with Crippen LogP contribution < -0.4 is 0 Å². The minimum atomic E-state index is 0.541. The first-order valence-corrected chi connectivity index (χ1v) is 6.25. The van der Waals surface area contributed by atoms with Crippen molar-refractivity contribution >= 4 is 11.8 Å². The second-order valence-electron chi connectivity index (χ2n) is 3.60. The molecule has 2 rings (SSSR count). The molecule has 3 heteroatoms. The van der Waals surface area contributed by atoms with Crippen LogP contribution in [-0.2, 0) is 0 Å². The average Bonchev–Trinajstić information content (AvgIpc) is 2.30. The molecule has 2 heterocycles. The van der Waals surface area contributed by atoms with Crippen molar-refractivity contribution in [2.24, 2.45) is 0 Å². The predicted octanol–water partition coefficient (Wildman–Crippen LogP) is 2.19. The first-order valence-electron chi connectivity index (χ1n) is 5.09. The van der Waals surface area contributed by atoms with Crippen LogP contribution in [0.1, 0.15) is 18.5 Å². The molecule has 14 heavy (non-hydrogen) atoms. The number of nitrogens with zero attached hydrogens (tertiary/aromatic N) is 2. The molecule has 1 aromatic rings. The van der Waals surface area contributed by atoms with Gasteiger partial charge in [-0.15, -0.1) is 0 Å². The van der Waals surface area contributed by atoms with Crippen LogP contribution in [0.2, 0.25) is 0 Å². The molecule has 76 valence electrons. The third kappa shape index (κ3) is 2.28. The Hall–Kier alpha value is -0.540. The van der Waals surface area contributed by atoms with Crippen LogP contribution >= 0.6 is 11.8 Å². The zero-order chi connectivity index (χ0) is 9.80. The average molecular weight is 208 g/mol. The second-order valence-corrected chi connectivity index (χ2v) is 4.83. The van der Waals surface area contributed by atoms with Crippen molar-refractivity contribution in [2.45, 2.75) is 13.0 Å². The molecule has 1 aliphatic heterocycles. The van der Waals surface area contributed by atoms with E-state index in [4.69, 9.17) is 0 Å². The van der Waals surface area contributed by atoms with Crippen LogP contribution in [0, 0.1) is 0 Å². The molecule has 1 fully saturated rings. The van der Waals surface area contributed by atoms with Crippen LogP contribution in [0.3, 0.4) is 0 Å². The molecule has 0 unspecified atom stereocenters. The molecule has 1 saturated heterocycles. The lowest BCUT2D eigenvalue weighted by Crippen LogP contribution is -2.34. The van der Waals surface area contributed by atoms with Gasteiger partial charge in [0.1, 0.15) is 0 Å². The summed E-state index contributed by atoms with van der Waals surface area (Å²) in [6.45, 7) is 4.72. The molecule has 0 bridgehead atoms. The molecular weight excluding hydrogens is 192 g/mol. The zero-order valence-electron chi connectivity index (χ0n) is 8.52. The minimum Gasteiger partial charge on any atom is -0.295 e. The maximum Gasteiger partial charge on any atom is 0.0321 e. The summed E-state index contributed by atoms with van der Waals surface area (Å²) >= 11 is 2.06. The van der Waals surface area contributed by atoms with Crippen molar-refractivity contribution in [3.8, 4) is 0 Å². The molecule has 2 nitrogen and oxygen atoms in total. The van der Waals surface area contributed by atoms with Crippen molar-refractivity contribution in [2.75, 3.05) is 24.6 Å². The molecule has 0 saturated carbocycles. The Bertz CT molecular complexity index is 270. The largest absolute Gasteiger partial charge is 0.295 e. The van der Waals surface area contributed by atoms with E-state index in [2.05, 4.69) is 40.7 Å². The number of rotatable bonds is 2. The van der Waals surface area contributed by atoms with Crippen molar-refractivity contribution < 1.29 is 0 Å². The van der Waals surface area contributed by atoms with E-state index < -0.39 is 0 Å². The highest BCUT2D eigenvalue weighted by Crippen LogP contribution is 2.22. The molecule has 0 amide bonds. The highest BCUT2D eigenvalue weighted by atomic mass is 32.2. The van der Waals surface area contributed by atoms with E-state index in [9.17, 15) is 0 Å². The van der Waals surface area contributed by atoms with E-state index in [1.165, 1.54) is 30.2 Å². The Balaban J connectivity index is 2.03. The van der Waals surface area contributed by atoms with Crippen LogP contribution in [0.4, 0.5) is 0 Å². The molecular formula is C11H16N2S. The van der Waals surface area contributed by atoms with Crippen LogP contribution in [0.15, 0.2) is 24.5 Å². The van der Waals surface area contributed by atoms with Crippen molar-refractivity contribution in [1.82, 2.24) is 9.88 Å². The van der Waals surface area contributed by atoms with E-state index in [0.717, 1.165) is 0 Å². The lowest BCUT2D eigenvalue weighted by atomic mass is 10.1. The predicted molar refractivity (Wildman–Crippen MR) is 61.6 cm³/mol. The molecule has 1 aliphatic rings. The van der Waals surface area contributed by atoms with Gasteiger partial charge in [0.25, 0.3) is 0 Å². The fraction of sp³-hybridized carbons (Fsp3) is 0.545. The van der Waals surface area contributed by atoms with Gasteiger partial charge >= 0.3 is 0 Å². The lowest BCUT2D eigenvalue weighted by molar-refractivity contribution is 0.233. The summed E-state index contributed by atoms with van der Waals surface area (Å²) in [5, 5.41) is 0. The van der Waals surface area contributed by atoms with Crippen LogP contribution in [0.5, 0.6) is 0 Å². The van der Waals surface area contributed by atoms with Crippen molar-refractivity contribution in [3.63, 3.8) is 0 Å². The van der Waals surface area contributed by atoms with Gasteiger partial charge in [0.2, 0.25) is 0 Å². The lowest BCUT2D eigenvalue weighted by Gasteiger charge is -2.32. The molecule has 1 aromatic heterocycles. The highest BCUT2D eigenvalue weighted by Gasteiger charge is 2.17. The molecule has 0 aliphatic carbocycles. The van der Waals surface area contributed by atoms with Gasteiger partial charge in [-0.05, 0) is 24.6 Å². The van der Waals surface area contributed by atoms with E-state index in [-0.39, 0.29) is 0 Å². The summed E-state index contributed by atoms with van der Waals surface area (Å²) in [6.07, 6.45) is 3.76. The number of hydrogen-bond donors (Lipinski definition) is 0. The molecule has 0 aromatic carbocycles. The highest BCUT2D eigenvalue weighted by molar-refractivity contribution is 7.99. The number of hydrogen-bond acceptors (Lipinski definition) is 3. The first kappa shape index (κ1) is 9.99. The first-order chi connectivity index (χ1) is 6.88. The fourth-order valence-electron chi connectivity index (χ4n) is 1.82. The summed E-state index contributed by atoms with van der Waals surface area (Å²) in [7, 11) is 0. The Morgan fingerprint density at radius 1 is 1.29 bits per heavy atom. The van der Waals surface area contributed by atoms with E-state index in [0.29, 0.717) is 6.04 Å². The standard InChI is InChI=1S/C11H16N2S/c1-10(11-2-4-12-5-3-11)13-6-8-14-9-7-13/h2-5,10H,6-9H2,1H3/t10-/m1/s1. The van der Waals surface area contributed by atoms with Gasteiger partial charge in [0.05, 0.1) is 0 Å². The van der Waals surface area contributed by atoms with E-state index in [1.54, 1.807) is 0 Å². The van der Waals surface area contributed by atoms with Gasteiger partial charge in [0, 0.05) is 43.0 Å². The van der Waals surface area contributed by atoms with Gasteiger partial charge in [0.15, 0.2) is 0 Å². The fourth-order valence-corrected chi connectivity index (χ4v) is 2.75. The van der Waals surface area contributed by atoms with Gasteiger partial charge in [-0.2, -0.15) is 11.8 Å². The summed E-state index contributed by atoms with van der Waals surface area (Å²) < 4.78 is 0. The second kappa shape index (κ2) is 4.80. The van der Waals surface area contributed by atoms with Gasteiger partial charge in [-0.3, -0.25) is 9.88 Å². The van der Waals surface area contributed by atoms with E-state index in [1.807, 2.05) is 12.4 Å². The topological polar surface area (TPSA) is 16.1 Å². The maximum atomic E-state index is 4.05. The molecule has 1 atom stereocenters. The summed E-state index contributed by atoms with van der Waals surface area (Å²) in [5.74, 6) is 2.55. The Labute approximate surface area is 89.7 Å². The SMILES string of the molecule is C[C@H](c1ccncc1)N1CCSCC1. The monoisotopic (exact) mass is 208 g/mol. The molecule has 0 N–H and O–H groups in total. The third-order valence-corrected chi connectivity index (χ3v) is 3.72. The zero-order valence-corrected chi connectivity index (χ0v) is 9.33. The smallest absolute Gasteiger partial charge is 0.0321 e. The van der Waals surface area contributed by atoms with Gasteiger partial charge in [-0.25, -0.2) is 0 Å².